The molecule has 2 aliphatic heterocycles. The smallest absolute Gasteiger partial charge is 0.0203 e. The van der Waals surface area contributed by atoms with Crippen molar-refractivity contribution in [3.63, 3.8) is 0 Å². The molecule has 0 aromatic carbocycles. The van der Waals surface area contributed by atoms with Crippen molar-refractivity contribution in [3.05, 3.63) is 0 Å². The Hall–Kier alpha value is -0.0800. The van der Waals surface area contributed by atoms with E-state index in [1.165, 1.54) is 64.7 Å². The Bertz CT molecular complexity index is 236. The molecule has 16 heavy (non-hydrogen) atoms. The molecule has 0 radical (unpaired) electrons. The van der Waals surface area contributed by atoms with Crippen molar-refractivity contribution in [2.75, 3.05) is 26.2 Å². The molecular weight excluding hydrogens is 196 g/mol. The minimum atomic E-state index is 0.665. The van der Waals surface area contributed by atoms with Crippen LogP contribution in [0.3, 0.4) is 0 Å². The zero-order valence-corrected chi connectivity index (χ0v) is 11.0. The van der Waals surface area contributed by atoms with Gasteiger partial charge in [0.2, 0.25) is 0 Å². The van der Waals surface area contributed by atoms with Crippen LogP contribution in [0.4, 0.5) is 0 Å². The molecular formula is C14H26N2. The van der Waals surface area contributed by atoms with Gasteiger partial charge in [0, 0.05) is 26.2 Å². The molecule has 1 aliphatic carbocycles. The van der Waals surface area contributed by atoms with E-state index in [1.54, 1.807) is 0 Å². The molecule has 2 saturated heterocycles. The van der Waals surface area contributed by atoms with E-state index < -0.39 is 0 Å². The summed E-state index contributed by atoms with van der Waals surface area (Å²) in [5.74, 6) is 0. The number of hydrogen-bond donors (Lipinski definition) is 0. The monoisotopic (exact) mass is 222 g/mol. The van der Waals surface area contributed by atoms with Crippen LogP contribution in [-0.4, -0.2) is 36.2 Å². The first-order valence-electron chi connectivity index (χ1n) is 7.21. The van der Waals surface area contributed by atoms with Crippen molar-refractivity contribution in [1.29, 1.82) is 0 Å². The first-order chi connectivity index (χ1) is 7.71. The molecule has 0 amide bonds. The molecule has 3 rings (SSSR count). The second kappa shape index (κ2) is 3.71. The van der Waals surface area contributed by atoms with Crippen molar-refractivity contribution in [2.45, 2.75) is 52.4 Å². The lowest BCUT2D eigenvalue weighted by molar-refractivity contribution is -0.222. The molecule has 1 spiro atoms. The van der Waals surface area contributed by atoms with Gasteiger partial charge in [-0.1, -0.05) is 26.7 Å². The van der Waals surface area contributed by atoms with Gasteiger partial charge in [0.15, 0.2) is 0 Å². The van der Waals surface area contributed by atoms with Gasteiger partial charge in [0.05, 0.1) is 0 Å². The molecule has 0 unspecified atom stereocenters. The van der Waals surface area contributed by atoms with E-state index in [0.717, 1.165) is 5.41 Å². The summed E-state index contributed by atoms with van der Waals surface area (Å²) in [6, 6.07) is 0. The fourth-order valence-corrected chi connectivity index (χ4v) is 3.99. The van der Waals surface area contributed by atoms with Crippen LogP contribution >= 0.6 is 0 Å². The normalized spacial score (nSPS) is 32.6. The third-order valence-electron chi connectivity index (χ3n) is 5.64. The van der Waals surface area contributed by atoms with Gasteiger partial charge < -0.3 is 0 Å². The quantitative estimate of drug-likeness (QED) is 0.724. The van der Waals surface area contributed by atoms with Crippen molar-refractivity contribution in [3.8, 4) is 0 Å². The molecule has 2 heterocycles. The van der Waals surface area contributed by atoms with Crippen LogP contribution in [0.15, 0.2) is 0 Å². The Labute approximate surface area is 100.0 Å². The van der Waals surface area contributed by atoms with Gasteiger partial charge in [-0.15, -0.1) is 0 Å². The summed E-state index contributed by atoms with van der Waals surface area (Å²) in [5, 5.41) is 5.26. The number of rotatable bonds is 3. The highest BCUT2D eigenvalue weighted by Gasteiger charge is 2.51. The fraction of sp³-hybridized carbons (Fsp3) is 1.00. The largest absolute Gasteiger partial charge is 0.241 e. The predicted molar refractivity (Wildman–Crippen MR) is 67.1 cm³/mol. The lowest BCUT2D eigenvalue weighted by Gasteiger charge is -2.61. The van der Waals surface area contributed by atoms with Crippen molar-refractivity contribution in [2.24, 2.45) is 10.8 Å². The average Bonchev–Trinajstić information content (AvgIpc) is 2.65. The van der Waals surface area contributed by atoms with Gasteiger partial charge in [-0.05, 0) is 36.5 Å². The van der Waals surface area contributed by atoms with Gasteiger partial charge in [-0.3, -0.25) is 0 Å². The summed E-state index contributed by atoms with van der Waals surface area (Å²) >= 11 is 0. The summed E-state index contributed by atoms with van der Waals surface area (Å²) in [5.41, 5.74) is 1.43. The summed E-state index contributed by atoms with van der Waals surface area (Å²) in [7, 11) is 0. The second-order valence-corrected chi connectivity index (χ2v) is 6.56. The first kappa shape index (κ1) is 11.0. The highest BCUT2D eigenvalue weighted by molar-refractivity contribution is 5.00. The predicted octanol–water partition coefficient (Wildman–Crippen LogP) is 2.90. The van der Waals surface area contributed by atoms with Crippen LogP contribution in [0.1, 0.15) is 52.4 Å². The standard InChI is InChI=1S/C14H26N2/c1-3-13(4-2)9-15(10-13)16-11-14(12-16)7-5-6-8-14/h3-12H2,1-2H3. The molecule has 0 atom stereocenters. The zero-order valence-electron chi connectivity index (χ0n) is 11.0. The van der Waals surface area contributed by atoms with Gasteiger partial charge in [-0.2, -0.15) is 0 Å². The van der Waals surface area contributed by atoms with E-state index in [-0.39, 0.29) is 0 Å². The van der Waals surface area contributed by atoms with E-state index >= 15 is 0 Å². The Balaban J connectivity index is 1.49. The molecule has 92 valence electrons. The summed E-state index contributed by atoms with van der Waals surface area (Å²) in [4.78, 5) is 0. The Kier molecular flexibility index (Phi) is 2.56. The molecule has 0 N–H and O–H groups in total. The van der Waals surface area contributed by atoms with Crippen LogP contribution in [0.2, 0.25) is 0 Å². The third-order valence-corrected chi connectivity index (χ3v) is 5.64. The average molecular weight is 222 g/mol. The van der Waals surface area contributed by atoms with Crippen molar-refractivity contribution >= 4 is 0 Å². The summed E-state index contributed by atoms with van der Waals surface area (Å²) < 4.78 is 0. The van der Waals surface area contributed by atoms with Crippen molar-refractivity contribution in [1.82, 2.24) is 10.0 Å². The minimum absolute atomic E-state index is 0.665. The molecule has 2 heteroatoms. The maximum atomic E-state index is 2.63. The summed E-state index contributed by atoms with van der Waals surface area (Å²) in [6.45, 7) is 10.1. The maximum absolute atomic E-state index is 2.63. The molecule has 3 fully saturated rings. The van der Waals surface area contributed by atoms with Crippen molar-refractivity contribution < 1.29 is 0 Å². The van der Waals surface area contributed by atoms with E-state index in [1.807, 2.05) is 0 Å². The fourth-order valence-electron chi connectivity index (χ4n) is 3.99. The molecule has 0 aromatic heterocycles. The molecule has 2 nitrogen and oxygen atoms in total. The number of nitrogens with zero attached hydrogens (tertiary/aromatic N) is 2. The third kappa shape index (κ3) is 1.53. The van der Waals surface area contributed by atoms with E-state index in [2.05, 4.69) is 23.9 Å². The molecule has 3 aliphatic rings. The van der Waals surface area contributed by atoms with E-state index in [9.17, 15) is 0 Å². The van der Waals surface area contributed by atoms with Gasteiger partial charge >= 0.3 is 0 Å². The van der Waals surface area contributed by atoms with Gasteiger partial charge in [-0.25, -0.2) is 10.0 Å². The van der Waals surface area contributed by atoms with Crippen LogP contribution < -0.4 is 0 Å². The zero-order chi connectivity index (χ0) is 11.2. The lowest BCUT2D eigenvalue weighted by Crippen LogP contribution is -2.70. The molecule has 0 bridgehead atoms. The second-order valence-electron chi connectivity index (χ2n) is 6.56. The molecule has 0 aromatic rings. The lowest BCUT2D eigenvalue weighted by atomic mass is 9.74. The van der Waals surface area contributed by atoms with Crippen LogP contribution in [-0.2, 0) is 0 Å². The van der Waals surface area contributed by atoms with Gasteiger partial charge in [0.25, 0.3) is 0 Å². The van der Waals surface area contributed by atoms with Crippen LogP contribution in [0, 0.1) is 10.8 Å². The Morgan fingerprint density at radius 3 is 1.81 bits per heavy atom. The van der Waals surface area contributed by atoms with Crippen LogP contribution in [0.25, 0.3) is 0 Å². The Morgan fingerprint density at radius 1 is 0.812 bits per heavy atom. The van der Waals surface area contributed by atoms with Gasteiger partial charge in [0.1, 0.15) is 0 Å². The highest BCUT2D eigenvalue weighted by Crippen LogP contribution is 2.48. The number of hydrogen-bond acceptors (Lipinski definition) is 2. The van der Waals surface area contributed by atoms with Crippen LogP contribution in [0.5, 0.6) is 0 Å². The van der Waals surface area contributed by atoms with E-state index in [4.69, 9.17) is 0 Å². The minimum Gasteiger partial charge on any atom is -0.241 e. The maximum Gasteiger partial charge on any atom is 0.0203 e. The summed E-state index contributed by atoms with van der Waals surface area (Å²) in [6.07, 6.45) is 8.70. The first-order valence-corrected chi connectivity index (χ1v) is 7.21. The Morgan fingerprint density at radius 2 is 1.31 bits per heavy atom. The number of hydrazine groups is 1. The SMILES string of the molecule is CCC1(CC)CN(N2CC3(CCCC3)C2)C1. The van der Waals surface area contributed by atoms with E-state index in [0.29, 0.717) is 5.41 Å². The topological polar surface area (TPSA) is 6.48 Å². The molecule has 1 saturated carbocycles. The highest BCUT2D eigenvalue weighted by atomic mass is 15.7.